The molecular weight excluding hydrogens is 328 g/mol. The highest BCUT2D eigenvalue weighted by Crippen LogP contribution is 2.23. The Balaban J connectivity index is 2.15. The molecule has 0 amide bonds. The summed E-state index contributed by atoms with van der Waals surface area (Å²) in [6.07, 6.45) is 0. The Morgan fingerprint density at radius 2 is 2.21 bits per heavy atom. The molecule has 0 saturated carbocycles. The minimum absolute atomic E-state index is 0.358. The van der Waals surface area contributed by atoms with E-state index in [9.17, 15) is 0 Å². The first-order valence-corrected chi connectivity index (χ1v) is 7.32. The summed E-state index contributed by atoms with van der Waals surface area (Å²) in [6.45, 7) is 1.13. The van der Waals surface area contributed by atoms with E-state index in [4.69, 9.17) is 10.5 Å². The van der Waals surface area contributed by atoms with Gasteiger partial charge in [-0.1, -0.05) is 0 Å². The fourth-order valence-electron chi connectivity index (χ4n) is 1.64. The number of nitrogen functional groups attached to an aromatic ring is 1. The number of hydrogen-bond donors (Lipinski definition) is 1. The lowest BCUT2D eigenvalue weighted by molar-refractivity contribution is 0.178. The van der Waals surface area contributed by atoms with Crippen molar-refractivity contribution in [3.05, 3.63) is 32.7 Å². The molecular formula is C12H15BrN4OS. The maximum atomic E-state index is 5.79. The molecule has 0 fully saturated rings. The molecule has 0 unspecified atom stereocenters. The van der Waals surface area contributed by atoms with Crippen LogP contribution in [0.1, 0.15) is 10.7 Å². The second kappa shape index (κ2) is 6.31. The van der Waals surface area contributed by atoms with Crippen molar-refractivity contribution in [1.82, 2.24) is 9.97 Å². The van der Waals surface area contributed by atoms with Gasteiger partial charge in [-0.25, -0.2) is 9.97 Å². The van der Waals surface area contributed by atoms with E-state index in [2.05, 4.69) is 37.3 Å². The van der Waals surface area contributed by atoms with Crippen LogP contribution in [-0.2, 0) is 17.9 Å². The number of rotatable bonds is 5. The second-order valence-electron chi connectivity index (χ2n) is 4.09. The summed E-state index contributed by atoms with van der Waals surface area (Å²) in [6, 6.07) is 3.86. The molecule has 0 aliphatic rings. The number of ether oxygens (including phenoxy) is 1. The molecule has 7 heteroatoms. The van der Waals surface area contributed by atoms with Crippen molar-refractivity contribution in [1.29, 1.82) is 0 Å². The number of hydrogen-bond acceptors (Lipinski definition) is 6. The van der Waals surface area contributed by atoms with Gasteiger partial charge in [-0.3, -0.25) is 0 Å². The number of nitrogens with zero attached hydrogens (tertiary/aromatic N) is 3. The highest BCUT2D eigenvalue weighted by molar-refractivity contribution is 9.10. The lowest BCUT2D eigenvalue weighted by Crippen LogP contribution is -2.18. The molecule has 0 atom stereocenters. The van der Waals surface area contributed by atoms with Crippen LogP contribution in [0.2, 0.25) is 0 Å². The average molecular weight is 343 g/mol. The molecule has 0 aromatic carbocycles. The molecule has 0 aliphatic carbocycles. The fourth-order valence-corrected chi connectivity index (χ4v) is 3.15. The molecule has 0 aliphatic heterocycles. The maximum Gasteiger partial charge on any atom is 0.158 e. The first-order valence-electron chi connectivity index (χ1n) is 5.65. The van der Waals surface area contributed by atoms with Crippen LogP contribution in [0.25, 0.3) is 0 Å². The largest absolute Gasteiger partial charge is 0.384 e. The highest BCUT2D eigenvalue weighted by atomic mass is 79.9. The number of thiophene rings is 1. The summed E-state index contributed by atoms with van der Waals surface area (Å²) in [5.41, 5.74) is 5.79. The number of aromatic nitrogens is 2. The topological polar surface area (TPSA) is 64.3 Å². The monoisotopic (exact) mass is 342 g/mol. The summed E-state index contributed by atoms with van der Waals surface area (Å²) in [4.78, 5) is 11.8. The van der Waals surface area contributed by atoms with Crippen molar-refractivity contribution in [3.8, 4) is 0 Å². The molecule has 19 heavy (non-hydrogen) atoms. The Morgan fingerprint density at radius 3 is 2.84 bits per heavy atom. The molecule has 2 aromatic rings. The standard InChI is InChI=1S/C12H15BrN4OS/c1-17(5-9-3-8(13)7-19-9)12-4-10(14)15-11(16-12)6-18-2/h3-4,7H,5-6H2,1-2H3,(H2,14,15,16). The third kappa shape index (κ3) is 3.89. The summed E-state index contributed by atoms with van der Waals surface area (Å²) >= 11 is 5.16. The normalized spacial score (nSPS) is 10.7. The molecule has 0 saturated heterocycles. The van der Waals surface area contributed by atoms with Gasteiger partial charge in [0.1, 0.15) is 18.2 Å². The molecule has 2 N–H and O–H groups in total. The van der Waals surface area contributed by atoms with E-state index in [0.29, 0.717) is 18.2 Å². The van der Waals surface area contributed by atoms with Gasteiger partial charge in [-0.05, 0) is 22.0 Å². The van der Waals surface area contributed by atoms with Crippen LogP contribution in [0.15, 0.2) is 22.0 Å². The zero-order valence-corrected chi connectivity index (χ0v) is 13.2. The van der Waals surface area contributed by atoms with Gasteiger partial charge in [0.2, 0.25) is 0 Å². The van der Waals surface area contributed by atoms with E-state index in [0.717, 1.165) is 16.8 Å². The van der Waals surface area contributed by atoms with Crippen LogP contribution < -0.4 is 10.6 Å². The Hall–Kier alpha value is -1.18. The molecule has 0 bridgehead atoms. The van der Waals surface area contributed by atoms with E-state index >= 15 is 0 Å². The Kier molecular flexibility index (Phi) is 4.73. The van der Waals surface area contributed by atoms with Gasteiger partial charge in [-0.15, -0.1) is 11.3 Å². The van der Waals surface area contributed by atoms with Gasteiger partial charge in [-0.2, -0.15) is 0 Å². The average Bonchev–Trinajstić information content (AvgIpc) is 2.74. The SMILES string of the molecule is COCc1nc(N)cc(N(C)Cc2cc(Br)cs2)n1. The maximum absolute atomic E-state index is 5.79. The third-order valence-corrected chi connectivity index (χ3v) is 4.14. The summed E-state index contributed by atoms with van der Waals surface area (Å²) in [5.74, 6) is 1.84. The molecule has 2 heterocycles. The number of anilines is 2. The van der Waals surface area contributed by atoms with Crippen LogP contribution in [0.5, 0.6) is 0 Å². The van der Waals surface area contributed by atoms with Gasteiger partial charge in [0.25, 0.3) is 0 Å². The zero-order chi connectivity index (χ0) is 13.8. The Morgan fingerprint density at radius 1 is 1.42 bits per heavy atom. The molecule has 2 aromatic heterocycles. The van der Waals surface area contributed by atoms with E-state index < -0.39 is 0 Å². The van der Waals surface area contributed by atoms with Crippen molar-refractivity contribution in [3.63, 3.8) is 0 Å². The van der Waals surface area contributed by atoms with Gasteiger partial charge < -0.3 is 15.4 Å². The lowest BCUT2D eigenvalue weighted by Gasteiger charge is -2.18. The van der Waals surface area contributed by atoms with Crippen molar-refractivity contribution in [2.75, 3.05) is 24.8 Å². The van der Waals surface area contributed by atoms with Crippen molar-refractivity contribution < 1.29 is 4.74 Å². The molecule has 5 nitrogen and oxygen atoms in total. The summed E-state index contributed by atoms with van der Waals surface area (Å²) in [5, 5.41) is 2.06. The summed E-state index contributed by atoms with van der Waals surface area (Å²) in [7, 11) is 3.59. The predicted molar refractivity (Wildman–Crippen MR) is 81.3 cm³/mol. The predicted octanol–water partition coefficient (Wildman–Crippen LogP) is 2.67. The van der Waals surface area contributed by atoms with Crippen LogP contribution >= 0.6 is 27.3 Å². The Labute approximate surface area is 124 Å². The zero-order valence-electron chi connectivity index (χ0n) is 10.8. The van der Waals surface area contributed by atoms with E-state index in [1.54, 1.807) is 24.5 Å². The number of halogens is 1. The van der Waals surface area contributed by atoms with Crippen LogP contribution in [0.3, 0.4) is 0 Å². The smallest absolute Gasteiger partial charge is 0.158 e. The van der Waals surface area contributed by atoms with Gasteiger partial charge in [0.15, 0.2) is 5.82 Å². The van der Waals surface area contributed by atoms with Crippen molar-refractivity contribution in [2.45, 2.75) is 13.2 Å². The molecule has 102 valence electrons. The van der Waals surface area contributed by atoms with E-state index in [1.807, 2.05) is 11.9 Å². The number of methoxy groups -OCH3 is 1. The highest BCUT2D eigenvalue weighted by Gasteiger charge is 2.09. The van der Waals surface area contributed by atoms with Crippen molar-refractivity contribution in [2.24, 2.45) is 0 Å². The summed E-state index contributed by atoms with van der Waals surface area (Å²) < 4.78 is 6.14. The van der Waals surface area contributed by atoms with E-state index in [1.165, 1.54) is 4.88 Å². The molecule has 0 spiro atoms. The lowest BCUT2D eigenvalue weighted by atomic mass is 10.4. The van der Waals surface area contributed by atoms with E-state index in [-0.39, 0.29) is 0 Å². The van der Waals surface area contributed by atoms with Crippen LogP contribution in [0.4, 0.5) is 11.6 Å². The second-order valence-corrected chi connectivity index (χ2v) is 6.00. The van der Waals surface area contributed by atoms with Gasteiger partial charge in [0.05, 0.1) is 6.54 Å². The minimum Gasteiger partial charge on any atom is -0.384 e. The number of nitrogens with two attached hydrogens (primary N) is 1. The molecule has 0 radical (unpaired) electrons. The van der Waals surface area contributed by atoms with Crippen molar-refractivity contribution >= 4 is 38.9 Å². The van der Waals surface area contributed by atoms with Gasteiger partial charge in [0, 0.05) is 35.0 Å². The quantitative estimate of drug-likeness (QED) is 0.904. The minimum atomic E-state index is 0.358. The first-order chi connectivity index (χ1) is 9.08. The first kappa shape index (κ1) is 14.2. The fraction of sp³-hybridized carbons (Fsp3) is 0.333. The van der Waals surface area contributed by atoms with Crippen LogP contribution in [0, 0.1) is 0 Å². The van der Waals surface area contributed by atoms with Gasteiger partial charge >= 0.3 is 0 Å². The Bertz CT molecular complexity index is 560. The third-order valence-electron chi connectivity index (χ3n) is 2.46. The molecule has 2 rings (SSSR count). The van der Waals surface area contributed by atoms with Crippen LogP contribution in [-0.4, -0.2) is 24.1 Å².